The Kier molecular flexibility index (Phi) is 3.44. The average molecular weight is 289 g/mol. The summed E-state index contributed by atoms with van der Waals surface area (Å²) in [6.45, 7) is 7.03. The highest BCUT2D eigenvalue weighted by Crippen LogP contribution is 2.52. The van der Waals surface area contributed by atoms with Crippen LogP contribution in [0.15, 0.2) is 18.2 Å². The third-order valence-corrected chi connectivity index (χ3v) is 4.96. The molecule has 3 nitrogen and oxygen atoms in total. The van der Waals surface area contributed by atoms with Crippen LogP contribution in [0.3, 0.4) is 0 Å². The van der Waals surface area contributed by atoms with E-state index in [-0.39, 0.29) is 11.6 Å². The fraction of sp³-hybridized carbons (Fsp3) is 0.667. The molecule has 1 aliphatic heterocycles. The van der Waals surface area contributed by atoms with E-state index in [9.17, 15) is 0 Å². The van der Waals surface area contributed by atoms with Crippen molar-refractivity contribution in [1.82, 2.24) is 0 Å². The highest BCUT2D eigenvalue weighted by Gasteiger charge is 2.48. The smallest absolute Gasteiger partial charge is 0.128 e. The van der Waals surface area contributed by atoms with Crippen molar-refractivity contribution in [3.63, 3.8) is 0 Å². The number of ether oxygens (including phenoxy) is 2. The Labute approximate surface area is 127 Å². The quantitative estimate of drug-likeness (QED) is 0.848. The van der Waals surface area contributed by atoms with E-state index in [1.807, 2.05) is 18.2 Å². The van der Waals surface area contributed by atoms with Crippen LogP contribution in [0, 0.1) is 11.3 Å². The Bertz CT molecular complexity index is 540. The number of hydrogen-bond donors (Lipinski definition) is 1. The minimum Gasteiger partial charge on any atom is -0.497 e. The van der Waals surface area contributed by atoms with Crippen LogP contribution in [0.2, 0.25) is 0 Å². The standard InChI is InChI=1S/C18H27NO2/c1-12-8-17(2,3)11-18(9-12)10-15(19)14-6-5-13(20-4)7-16(14)21-18/h5-7,12,15H,8-11,19H2,1-4H3/t12?,15-,18?/m1/s1. The lowest BCUT2D eigenvalue weighted by molar-refractivity contribution is -0.0571. The summed E-state index contributed by atoms with van der Waals surface area (Å²) in [6.07, 6.45) is 4.36. The van der Waals surface area contributed by atoms with Gasteiger partial charge >= 0.3 is 0 Å². The van der Waals surface area contributed by atoms with Crippen molar-refractivity contribution in [3.05, 3.63) is 23.8 Å². The van der Waals surface area contributed by atoms with Crippen LogP contribution < -0.4 is 15.2 Å². The molecule has 0 saturated heterocycles. The first-order chi connectivity index (χ1) is 9.82. The molecule has 116 valence electrons. The van der Waals surface area contributed by atoms with Gasteiger partial charge in [0.2, 0.25) is 0 Å². The Hall–Kier alpha value is -1.22. The summed E-state index contributed by atoms with van der Waals surface area (Å²) in [6, 6.07) is 6.06. The number of nitrogens with two attached hydrogens (primary N) is 1. The largest absolute Gasteiger partial charge is 0.497 e. The molecular weight excluding hydrogens is 262 g/mol. The molecule has 1 saturated carbocycles. The van der Waals surface area contributed by atoms with Crippen LogP contribution in [0.25, 0.3) is 0 Å². The summed E-state index contributed by atoms with van der Waals surface area (Å²) in [5.74, 6) is 2.42. The van der Waals surface area contributed by atoms with E-state index < -0.39 is 0 Å². The molecule has 1 spiro atoms. The summed E-state index contributed by atoms with van der Waals surface area (Å²) in [5, 5.41) is 0. The summed E-state index contributed by atoms with van der Waals surface area (Å²) in [5.41, 5.74) is 7.77. The molecule has 2 unspecified atom stereocenters. The van der Waals surface area contributed by atoms with E-state index in [1.54, 1.807) is 7.11 Å². The van der Waals surface area contributed by atoms with Gasteiger partial charge in [0.05, 0.1) is 7.11 Å². The lowest BCUT2D eigenvalue weighted by atomic mass is 9.63. The van der Waals surface area contributed by atoms with Crippen LogP contribution in [0.1, 0.15) is 58.1 Å². The minimum absolute atomic E-state index is 0.0563. The molecule has 3 atom stereocenters. The molecule has 2 aliphatic rings. The monoisotopic (exact) mass is 289 g/mol. The van der Waals surface area contributed by atoms with E-state index >= 15 is 0 Å². The van der Waals surface area contributed by atoms with Gasteiger partial charge in [-0.3, -0.25) is 0 Å². The van der Waals surface area contributed by atoms with E-state index in [1.165, 1.54) is 6.42 Å². The molecule has 0 aromatic heterocycles. The third-order valence-electron chi connectivity index (χ3n) is 4.96. The van der Waals surface area contributed by atoms with E-state index in [4.69, 9.17) is 15.2 Å². The van der Waals surface area contributed by atoms with Crippen molar-refractivity contribution in [2.75, 3.05) is 7.11 Å². The second kappa shape index (κ2) is 4.91. The van der Waals surface area contributed by atoms with Crippen LogP contribution in [-0.4, -0.2) is 12.7 Å². The summed E-state index contributed by atoms with van der Waals surface area (Å²) in [4.78, 5) is 0. The van der Waals surface area contributed by atoms with Crippen molar-refractivity contribution in [3.8, 4) is 11.5 Å². The van der Waals surface area contributed by atoms with Gasteiger partial charge in [-0.05, 0) is 36.7 Å². The lowest BCUT2D eigenvalue weighted by Crippen LogP contribution is -2.50. The summed E-state index contributed by atoms with van der Waals surface area (Å²) >= 11 is 0. The van der Waals surface area contributed by atoms with Crippen LogP contribution in [0.4, 0.5) is 0 Å². The Morgan fingerprint density at radius 2 is 2.00 bits per heavy atom. The number of rotatable bonds is 1. The van der Waals surface area contributed by atoms with Crippen LogP contribution >= 0.6 is 0 Å². The average Bonchev–Trinajstić information content (AvgIpc) is 2.34. The fourth-order valence-electron chi connectivity index (χ4n) is 4.72. The van der Waals surface area contributed by atoms with Gasteiger partial charge in [0.1, 0.15) is 17.1 Å². The van der Waals surface area contributed by atoms with Gasteiger partial charge in [-0.25, -0.2) is 0 Å². The van der Waals surface area contributed by atoms with Gasteiger partial charge in [0.15, 0.2) is 0 Å². The zero-order valence-electron chi connectivity index (χ0n) is 13.6. The van der Waals surface area contributed by atoms with Gasteiger partial charge in [0.25, 0.3) is 0 Å². The van der Waals surface area contributed by atoms with Crippen molar-refractivity contribution in [2.24, 2.45) is 17.1 Å². The molecule has 1 aromatic carbocycles. The molecule has 1 heterocycles. The second-order valence-electron chi connectivity index (χ2n) is 7.85. The van der Waals surface area contributed by atoms with Crippen molar-refractivity contribution in [2.45, 2.75) is 58.1 Å². The second-order valence-corrected chi connectivity index (χ2v) is 7.85. The van der Waals surface area contributed by atoms with E-state index in [0.29, 0.717) is 11.3 Å². The Morgan fingerprint density at radius 1 is 1.24 bits per heavy atom. The minimum atomic E-state index is -0.111. The van der Waals surface area contributed by atoms with Crippen molar-refractivity contribution in [1.29, 1.82) is 0 Å². The highest BCUT2D eigenvalue weighted by molar-refractivity contribution is 5.44. The molecular formula is C18H27NO2. The molecule has 21 heavy (non-hydrogen) atoms. The molecule has 1 aromatic rings. The van der Waals surface area contributed by atoms with Gasteiger partial charge in [0, 0.05) is 24.1 Å². The SMILES string of the molecule is COc1ccc2c(c1)OC1(CC(C)CC(C)(C)C1)C[C@H]2N. The van der Waals surface area contributed by atoms with Crippen molar-refractivity contribution < 1.29 is 9.47 Å². The highest BCUT2D eigenvalue weighted by atomic mass is 16.5. The molecule has 1 fully saturated rings. The van der Waals surface area contributed by atoms with Crippen LogP contribution in [0.5, 0.6) is 11.5 Å². The molecule has 0 radical (unpaired) electrons. The Morgan fingerprint density at radius 3 is 2.67 bits per heavy atom. The van der Waals surface area contributed by atoms with Crippen molar-refractivity contribution >= 4 is 0 Å². The summed E-state index contributed by atoms with van der Waals surface area (Å²) < 4.78 is 11.9. The molecule has 3 rings (SSSR count). The fourth-order valence-corrected chi connectivity index (χ4v) is 4.72. The number of benzene rings is 1. The first kappa shape index (κ1) is 14.7. The van der Waals surface area contributed by atoms with Gasteiger partial charge in [-0.2, -0.15) is 0 Å². The zero-order valence-corrected chi connectivity index (χ0v) is 13.6. The van der Waals surface area contributed by atoms with Gasteiger partial charge < -0.3 is 15.2 Å². The maximum Gasteiger partial charge on any atom is 0.128 e. The third kappa shape index (κ3) is 2.76. The van der Waals surface area contributed by atoms with Gasteiger partial charge in [-0.1, -0.05) is 26.8 Å². The molecule has 1 aliphatic carbocycles. The molecule has 0 bridgehead atoms. The lowest BCUT2D eigenvalue weighted by Gasteiger charge is -2.50. The maximum absolute atomic E-state index is 6.52. The van der Waals surface area contributed by atoms with Gasteiger partial charge in [-0.15, -0.1) is 0 Å². The number of fused-ring (bicyclic) bond motifs is 1. The topological polar surface area (TPSA) is 44.5 Å². The predicted octanol–water partition coefficient (Wildman–Crippen LogP) is 4.06. The zero-order chi connectivity index (χ0) is 15.3. The number of methoxy groups -OCH3 is 1. The predicted molar refractivity (Wildman–Crippen MR) is 84.7 cm³/mol. The molecule has 0 amide bonds. The first-order valence-electron chi connectivity index (χ1n) is 7.95. The summed E-state index contributed by atoms with van der Waals surface area (Å²) in [7, 11) is 1.69. The first-order valence-corrected chi connectivity index (χ1v) is 7.95. The molecule has 2 N–H and O–H groups in total. The van der Waals surface area contributed by atoms with E-state index in [0.717, 1.165) is 36.3 Å². The van der Waals surface area contributed by atoms with E-state index in [2.05, 4.69) is 20.8 Å². The Balaban J connectivity index is 1.96. The van der Waals surface area contributed by atoms with Crippen LogP contribution in [-0.2, 0) is 0 Å². The maximum atomic E-state index is 6.52. The number of hydrogen-bond acceptors (Lipinski definition) is 3. The normalized spacial score (nSPS) is 34.1. The molecule has 3 heteroatoms.